The first-order valence-corrected chi connectivity index (χ1v) is 7.61. The minimum Gasteiger partial charge on any atom is -0.289 e. The van der Waals surface area contributed by atoms with Crippen LogP contribution in [-0.2, 0) is 0 Å². The van der Waals surface area contributed by atoms with Crippen molar-refractivity contribution in [1.29, 1.82) is 0 Å². The molecule has 0 amide bonds. The van der Waals surface area contributed by atoms with Crippen LogP contribution in [-0.4, -0.2) is 5.78 Å². The second-order valence-corrected chi connectivity index (χ2v) is 6.12. The lowest BCUT2D eigenvalue weighted by Gasteiger charge is -1.97. The molecule has 1 nitrogen and oxygen atoms in total. The maximum atomic E-state index is 12.3. The van der Waals surface area contributed by atoms with Crippen LogP contribution < -0.4 is 0 Å². The third kappa shape index (κ3) is 1.86. The van der Waals surface area contributed by atoms with Gasteiger partial charge in [0.05, 0.1) is 0 Å². The summed E-state index contributed by atoms with van der Waals surface area (Å²) >= 11 is 6.66. The van der Waals surface area contributed by atoms with Crippen LogP contribution in [0.15, 0.2) is 44.9 Å². The van der Waals surface area contributed by atoms with Crippen molar-refractivity contribution < 1.29 is 4.79 Å². The lowest BCUT2D eigenvalue weighted by atomic mass is 10.1. The summed E-state index contributed by atoms with van der Waals surface area (Å²) in [6.07, 6.45) is 0. The second kappa shape index (κ2) is 4.37. The Kier molecular flexibility index (Phi) is 2.86. The number of hydrogen-bond donors (Lipinski definition) is 0. The Bertz CT molecular complexity index is 683. The highest BCUT2D eigenvalue weighted by molar-refractivity contribution is 9.10. The van der Waals surface area contributed by atoms with Crippen LogP contribution in [0.2, 0.25) is 0 Å². The molecule has 1 aromatic carbocycles. The van der Waals surface area contributed by atoms with Crippen molar-refractivity contribution in [2.45, 2.75) is 0 Å². The van der Waals surface area contributed by atoms with Crippen LogP contribution in [0.25, 0.3) is 10.1 Å². The van der Waals surface area contributed by atoms with Gasteiger partial charge in [0.2, 0.25) is 0 Å². The summed E-state index contributed by atoms with van der Waals surface area (Å²) < 4.78 is 2.18. The first-order valence-electron chi connectivity index (χ1n) is 5.00. The zero-order chi connectivity index (χ0) is 11.8. The van der Waals surface area contributed by atoms with Crippen LogP contribution in [0.4, 0.5) is 0 Å². The zero-order valence-corrected chi connectivity index (χ0v) is 11.9. The zero-order valence-electron chi connectivity index (χ0n) is 8.64. The summed E-state index contributed by atoms with van der Waals surface area (Å²) in [7, 11) is 0. The lowest BCUT2D eigenvalue weighted by Crippen LogP contribution is -1.97. The molecule has 0 saturated carbocycles. The van der Waals surface area contributed by atoms with E-state index in [-0.39, 0.29) is 5.78 Å². The van der Waals surface area contributed by atoms with Crippen LogP contribution >= 0.6 is 38.6 Å². The van der Waals surface area contributed by atoms with E-state index in [0.29, 0.717) is 0 Å². The van der Waals surface area contributed by atoms with Crippen LogP contribution in [0.5, 0.6) is 0 Å². The van der Waals surface area contributed by atoms with Crippen molar-refractivity contribution in [2.24, 2.45) is 0 Å². The third-order valence-corrected chi connectivity index (χ3v) is 5.22. The van der Waals surface area contributed by atoms with Gasteiger partial charge >= 0.3 is 0 Å². The van der Waals surface area contributed by atoms with Gasteiger partial charge in [-0.3, -0.25) is 4.79 Å². The molecule has 3 aromatic rings. The van der Waals surface area contributed by atoms with Gasteiger partial charge in [-0.2, -0.15) is 11.3 Å². The number of hydrogen-bond acceptors (Lipinski definition) is 3. The SMILES string of the molecule is O=C(c1ccsc1)c1csc2c(Br)cccc12. The number of fused-ring (bicyclic) bond motifs is 1. The van der Waals surface area contributed by atoms with Crippen molar-refractivity contribution in [3.05, 3.63) is 56.0 Å². The third-order valence-electron chi connectivity index (χ3n) is 2.58. The van der Waals surface area contributed by atoms with Gasteiger partial charge in [-0.25, -0.2) is 0 Å². The normalized spacial score (nSPS) is 10.9. The summed E-state index contributed by atoms with van der Waals surface area (Å²) in [6, 6.07) is 7.83. The van der Waals surface area contributed by atoms with Crippen molar-refractivity contribution >= 4 is 54.5 Å². The Morgan fingerprint density at radius 2 is 2.06 bits per heavy atom. The summed E-state index contributed by atoms with van der Waals surface area (Å²) in [4.78, 5) is 12.3. The van der Waals surface area contributed by atoms with E-state index in [9.17, 15) is 4.79 Å². The Morgan fingerprint density at radius 1 is 1.18 bits per heavy atom. The fourth-order valence-electron chi connectivity index (χ4n) is 1.75. The average molecular weight is 323 g/mol. The van der Waals surface area contributed by atoms with Crippen LogP contribution in [0, 0.1) is 0 Å². The Balaban J connectivity index is 2.19. The molecular weight excluding hydrogens is 316 g/mol. The molecule has 84 valence electrons. The Hall–Kier alpha value is -0.970. The van der Waals surface area contributed by atoms with Crippen LogP contribution in [0.1, 0.15) is 15.9 Å². The fourth-order valence-corrected chi connectivity index (χ4v) is 3.98. The number of ketones is 1. The number of carbonyl (C=O) groups is 1. The van der Waals surface area contributed by atoms with Gasteiger partial charge in [0.25, 0.3) is 0 Å². The highest BCUT2D eigenvalue weighted by Crippen LogP contribution is 2.33. The maximum absolute atomic E-state index is 12.3. The number of carbonyl (C=O) groups excluding carboxylic acids is 1. The number of halogens is 1. The molecule has 3 rings (SSSR count). The molecule has 4 heteroatoms. The fraction of sp³-hybridized carbons (Fsp3) is 0. The monoisotopic (exact) mass is 322 g/mol. The van der Waals surface area contributed by atoms with Crippen molar-refractivity contribution in [1.82, 2.24) is 0 Å². The predicted octanol–water partition coefficient (Wildman–Crippen LogP) is 4.96. The predicted molar refractivity (Wildman–Crippen MR) is 77.3 cm³/mol. The molecule has 0 atom stereocenters. The van der Waals surface area contributed by atoms with Crippen molar-refractivity contribution in [3.63, 3.8) is 0 Å². The minimum atomic E-state index is 0.107. The molecule has 0 N–H and O–H groups in total. The molecule has 0 fully saturated rings. The van der Waals surface area contributed by atoms with Gasteiger partial charge in [0.1, 0.15) is 0 Å². The molecule has 0 unspecified atom stereocenters. The lowest BCUT2D eigenvalue weighted by molar-refractivity contribution is 0.104. The quantitative estimate of drug-likeness (QED) is 0.610. The van der Waals surface area contributed by atoms with E-state index < -0.39 is 0 Å². The summed E-state index contributed by atoms with van der Waals surface area (Å²) in [5.74, 6) is 0.107. The highest BCUT2D eigenvalue weighted by Gasteiger charge is 2.15. The van der Waals surface area contributed by atoms with E-state index >= 15 is 0 Å². The molecule has 0 aliphatic heterocycles. The van der Waals surface area contributed by atoms with E-state index in [0.717, 1.165) is 25.7 Å². The Labute approximate surface area is 115 Å². The van der Waals surface area contributed by atoms with Gasteiger partial charge in [-0.1, -0.05) is 12.1 Å². The molecule has 0 spiro atoms. The smallest absolute Gasteiger partial charge is 0.195 e. The molecule has 0 bridgehead atoms. The van der Waals surface area contributed by atoms with Crippen LogP contribution in [0.3, 0.4) is 0 Å². The van der Waals surface area contributed by atoms with E-state index in [4.69, 9.17) is 0 Å². The Morgan fingerprint density at radius 3 is 2.82 bits per heavy atom. The number of rotatable bonds is 2. The van der Waals surface area contributed by atoms with Gasteiger partial charge < -0.3 is 0 Å². The summed E-state index contributed by atoms with van der Waals surface area (Å²) in [5, 5.41) is 6.79. The van der Waals surface area contributed by atoms with E-state index in [2.05, 4.69) is 15.9 Å². The van der Waals surface area contributed by atoms with Gasteiger partial charge in [0, 0.05) is 36.4 Å². The second-order valence-electron chi connectivity index (χ2n) is 3.61. The van der Waals surface area contributed by atoms with Gasteiger partial charge in [-0.15, -0.1) is 11.3 Å². The molecule has 0 aliphatic rings. The largest absolute Gasteiger partial charge is 0.289 e. The maximum Gasteiger partial charge on any atom is 0.195 e. The molecule has 2 heterocycles. The average Bonchev–Trinajstić information content (AvgIpc) is 2.98. The number of benzene rings is 1. The molecule has 0 aliphatic carbocycles. The summed E-state index contributed by atoms with van der Waals surface area (Å²) in [5.41, 5.74) is 1.57. The molecule has 0 saturated heterocycles. The highest BCUT2D eigenvalue weighted by atomic mass is 79.9. The molecule has 2 aromatic heterocycles. The first kappa shape index (κ1) is 11.1. The number of thiophene rings is 2. The van der Waals surface area contributed by atoms with Crippen molar-refractivity contribution in [2.75, 3.05) is 0 Å². The molecular formula is C13H7BrOS2. The van der Waals surface area contributed by atoms with Gasteiger partial charge in [0.15, 0.2) is 5.78 Å². The minimum absolute atomic E-state index is 0.107. The van der Waals surface area contributed by atoms with E-state index in [1.807, 2.05) is 40.4 Å². The van der Waals surface area contributed by atoms with Crippen molar-refractivity contribution in [3.8, 4) is 0 Å². The standard InChI is InChI=1S/C13H7BrOS2/c14-11-3-1-2-9-10(7-17-13(9)11)12(15)8-4-5-16-6-8/h1-7H. The van der Waals surface area contributed by atoms with E-state index in [1.165, 1.54) is 0 Å². The first-order chi connectivity index (χ1) is 8.27. The molecule has 0 radical (unpaired) electrons. The van der Waals surface area contributed by atoms with E-state index in [1.54, 1.807) is 22.7 Å². The summed E-state index contributed by atoms with van der Waals surface area (Å²) in [6.45, 7) is 0. The van der Waals surface area contributed by atoms with Gasteiger partial charge in [-0.05, 0) is 33.4 Å². The molecule has 17 heavy (non-hydrogen) atoms. The topological polar surface area (TPSA) is 17.1 Å².